The van der Waals surface area contributed by atoms with Crippen LogP contribution in [0.5, 0.6) is 0 Å². The van der Waals surface area contributed by atoms with Gasteiger partial charge in [0, 0.05) is 31.9 Å². The number of aryl methyl sites for hydroxylation is 2. The number of hydrogen-bond acceptors (Lipinski definition) is 7. The topological polar surface area (TPSA) is 58.6 Å². The summed E-state index contributed by atoms with van der Waals surface area (Å²) >= 11 is 7.59. The Morgan fingerprint density at radius 2 is 1.81 bits per heavy atom. The van der Waals surface area contributed by atoms with Crippen molar-refractivity contribution >= 4 is 50.6 Å². The first-order valence-electron chi connectivity index (χ1n) is 10.6. The van der Waals surface area contributed by atoms with Crippen LogP contribution in [0.25, 0.3) is 10.2 Å². The highest BCUT2D eigenvalue weighted by molar-refractivity contribution is 7.20. The van der Waals surface area contributed by atoms with Crippen LogP contribution in [0.2, 0.25) is 5.28 Å². The summed E-state index contributed by atoms with van der Waals surface area (Å²) < 4.78 is 5.36. The average molecular weight is 459 g/mol. The standard InChI is InChI=1S/C23H27ClN4O2S/c1-5-13-30-22(29)19-16(4)18-20(25-23(24)26-21(18)31-19)28-11-9-27(10-12-28)17-8-6-7-14(2)15(17)3/h6-8H,5,9-13H2,1-4H3. The number of piperazine rings is 1. The zero-order valence-corrected chi connectivity index (χ0v) is 19.9. The molecule has 1 aliphatic rings. The van der Waals surface area contributed by atoms with E-state index >= 15 is 0 Å². The number of ether oxygens (including phenoxy) is 1. The zero-order valence-electron chi connectivity index (χ0n) is 18.4. The lowest BCUT2D eigenvalue weighted by Crippen LogP contribution is -2.47. The van der Waals surface area contributed by atoms with Gasteiger partial charge in [-0.2, -0.15) is 4.98 Å². The third kappa shape index (κ3) is 4.21. The lowest BCUT2D eigenvalue weighted by atomic mass is 10.1. The number of aromatic nitrogens is 2. The fourth-order valence-corrected chi connectivity index (χ4v) is 5.30. The van der Waals surface area contributed by atoms with Gasteiger partial charge in [0.15, 0.2) is 0 Å². The number of benzene rings is 1. The molecule has 2 aromatic heterocycles. The van der Waals surface area contributed by atoms with Crippen molar-refractivity contribution in [1.82, 2.24) is 9.97 Å². The second-order valence-corrected chi connectivity index (χ2v) is 9.22. The molecule has 164 valence electrons. The minimum atomic E-state index is -0.302. The second kappa shape index (κ2) is 9.01. The summed E-state index contributed by atoms with van der Waals surface area (Å²) in [5.41, 5.74) is 4.79. The van der Waals surface area contributed by atoms with Gasteiger partial charge in [0.2, 0.25) is 5.28 Å². The molecule has 0 atom stereocenters. The van der Waals surface area contributed by atoms with Gasteiger partial charge in [-0.05, 0) is 61.5 Å². The summed E-state index contributed by atoms with van der Waals surface area (Å²) in [5.74, 6) is 0.503. The molecule has 1 aliphatic heterocycles. The number of rotatable bonds is 5. The summed E-state index contributed by atoms with van der Waals surface area (Å²) in [6, 6.07) is 6.46. The number of anilines is 2. The molecule has 1 saturated heterocycles. The second-order valence-electron chi connectivity index (χ2n) is 7.88. The predicted octanol–water partition coefficient (Wildman–Crippen LogP) is 5.16. The van der Waals surface area contributed by atoms with E-state index in [0.29, 0.717) is 11.5 Å². The summed E-state index contributed by atoms with van der Waals surface area (Å²) in [6.45, 7) is 12.1. The molecular weight excluding hydrogens is 432 g/mol. The Morgan fingerprint density at radius 3 is 2.52 bits per heavy atom. The molecule has 0 aliphatic carbocycles. The van der Waals surface area contributed by atoms with Gasteiger partial charge in [0.1, 0.15) is 15.5 Å². The van der Waals surface area contributed by atoms with E-state index in [1.165, 1.54) is 28.2 Å². The van der Waals surface area contributed by atoms with E-state index in [4.69, 9.17) is 16.3 Å². The molecule has 1 aromatic carbocycles. The van der Waals surface area contributed by atoms with Crippen LogP contribution in [0.3, 0.4) is 0 Å². The number of carbonyl (C=O) groups is 1. The van der Waals surface area contributed by atoms with Crippen LogP contribution >= 0.6 is 22.9 Å². The minimum Gasteiger partial charge on any atom is -0.462 e. The van der Waals surface area contributed by atoms with Gasteiger partial charge >= 0.3 is 5.97 Å². The van der Waals surface area contributed by atoms with Crippen LogP contribution in [-0.2, 0) is 4.74 Å². The number of halogens is 1. The van der Waals surface area contributed by atoms with E-state index in [0.717, 1.165) is 54.2 Å². The zero-order chi connectivity index (χ0) is 22.1. The Bertz CT molecular complexity index is 1120. The van der Waals surface area contributed by atoms with Gasteiger partial charge in [-0.3, -0.25) is 0 Å². The van der Waals surface area contributed by atoms with Crippen molar-refractivity contribution in [1.29, 1.82) is 0 Å². The van der Waals surface area contributed by atoms with Crippen molar-refractivity contribution in [3.8, 4) is 0 Å². The maximum absolute atomic E-state index is 12.5. The Kier molecular flexibility index (Phi) is 6.34. The average Bonchev–Trinajstić information content (AvgIpc) is 3.10. The van der Waals surface area contributed by atoms with Crippen LogP contribution < -0.4 is 9.80 Å². The molecule has 8 heteroatoms. The minimum absolute atomic E-state index is 0.203. The summed E-state index contributed by atoms with van der Waals surface area (Å²) in [4.78, 5) is 27.4. The van der Waals surface area contributed by atoms with Gasteiger partial charge in [0.05, 0.1) is 12.0 Å². The molecule has 0 amide bonds. The normalized spacial score (nSPS) is 14.4. The first kappa shape index (κ1) is 21.8. The van der Waals surface area contributed by atoms with E-state index in [1.54, 1.807) is 0 Å². The number of fused-ring (bicyclic) bond motifs is 1. The molecule has 6 nitrogen and oxygen atoms in total. The number of hydrogen-bond donors (Lipinski definition) is 0. The summed E-state index contributed by atoms with van der Waals surface area (Å²) in [5, 5.41) is 1.10. The van der Waals surface area contributed by atoms with Gasteiger partial charge in [0.25, 0.3) is 0 Å². The largest absolute Gasteiger partial charge is 0.462 e. The Morgan fingerprint density at radius 1 is 1.10 bits per heavy atom. The third-order valence-corrected chi connectivity index (χ3v) is 7.20. The molecule has 31 heavy (non-hydrogen) atoms. The van der Waals surface area contributed by atoms with Crippen molar-refractivity contribution < 1.29 is 9.53 Å². The number of nitrogens with zero attached hydrogens (tertiary/aromatic N) is 4. The molecule has 0 bridgehead atoms. The van der Waals surface area contributed by atoms with Crippen molar-refractivity contribution in [2.24, 2.45) is 0 Å². The Balaban J connectivity index is 1.62. The van der Waals surface area contributed by atoms with Crippen molar-refractivity contribution in [3.05, 3.63) is 45.1 Å². The van der Waals surface area contributed by atoms with Crippen LogP contribution in [0.15, 0.2) is 18.2 Å². The monoisotopic (exact) mass is 458 g/mol. The molecule has 0 spiro atoms. The van der Waals surface area contributed by atoms with E-state index in [-0.39, 0.29) is 11.3 Å². The molecule has 0 N–H and O–H groups in total. The lowest BCUT2D eigenvalue weighted by Gasteiger charge is -2.37. The van der Waals surface area contributed by atoms with E-state index in [1.807, 2.05) is 13.8 Å². The van der Waals surface area contributed by atoms with E-state index < -0.39 is 0 Å². The predicted molar refractivity (Wildman–Crippen MR) is 128 cm³/mol. The molecule has 0 unspecified atom stereocenters. The molecule has 3 heterocycles. The molecule has 4 rings (SSSR count). The van der Waals surface area contributed by atoms with Gasteiger partial charge < -0.3 is 14.5 Å². The highest BCUT2D eigenvalue weighted by Gasteiger charge is 2.26. The molecule has 1 fully saturated rings. The van der Waals surface area contributed by atoms with Gasteiger partial charge in [-0.15, -0.1) is 11.3 Å². The van der Waals surface area contributed by atoms with Crippen LogP contribution in [-0.4, -0.2) is 48.7 Å². The smallest absolute Gasteiger partial charge is 0.348 e. The molecule has 3 aromatic rings. The molecular formula is C23H27ClN4O2S. The van der Waals surface area contributed by atoms with Crippen LogP contribution in [0.4, 0.5) is 11.5 Å². The third-order valence-electron chi connectivity index (χ3n) is 5.86. The fraction of sp³-hybridized carbons (Fsp3) is 0.435. The highest BCUT2D eigenvalue weighted by Crippen LogP contribution is 2.37. The first-order chi connectivity index (χ1) is 14.9. The van der Waals surface area contributed by atoms with Crippen molar-refractivity contribution in [2.75, 3.05) is 42.6 Å². The molecule has 0 saturated carbocycles. The summed E-state index contributed by atoms with van der Waals surface area (Å²) in [7, 11) is 0. The van der Waals surface area contributed by atoms with Crippen LogP contribution in [0, 0.1) is 20.8 Å². The fourth-order valence-electron chi connectivity index (χ4n) is 4.01. The van der Waals surface area contributed by atoms with Gasteiger partial charge in [-0.1, -0.05) is 19.1 Å². The Hall–Kier alpha value is -2.38. The van der Waals surface area contributed by atoms with E-state index in [9.17, 15) is 4.79 Å². The number of thiophene rings is 1. The van der Waals surface area contributed by atoms with Crippen LogP contribution in [0.1, 0.15) is 39.7 Å². The lowest BCUT2D eigenvalue weighted by molar-refractivity contribution is 0.0510. The van der Waals surface area contributed by atoms with Crippen molar-refractivity contribution in [3.63, 3.8) is 0 Å². The van der Waals surface area contributed by atoms with E-state index in [2.05, 4.69) is 51.8 Å². The maximum atomic E-state index is 12.5. The first-order valence-corrected chi connectivity index (χ1v) is 11.8. The van der Waals surface area contributed by atoms with Gasteiger partial charge in [-0.25, -0.2) is 9.78 Å². The van der Waals surface area contributed by atoms with Crippen molar-refractivity contribution in [2.45, 2.75) is 34.1 Å². The molecule has 0 radical (unpaired) electrons. The number of carbonyl (C=O) groups excluding carboxylic acids is 1. The highest BCUT2D eigenvalue weighted by atomic mass is 35.5. The quantitative estimate of drug-likeness (QED) is 0.388. The Labute approximate surface area is 191 Å². The summed E-state index contributed by atoms with van der Waals surface area (Å²) in [6.07, 6.45) is 0.789. The maximum Gasteiger partial charge on any atom is 0.348 e. The number of esters is 1. The SMILES string of the molecule is CCCOC(=O)c1sc2nc(Cl)nc(N3CCN(c4cccc(C)c4C)CC3)c2c1C.